The minimum absolute atomic E-state index is 0.0238. The van der Waals surface area contributed by atoms with Crippen LogP contribution in [0.2, 0.25) is 0 Å². The standard InChI is InChI=1S/C22H28N4O2/c27-21(25-12-5-18-1-8-23-9-2-18)20-16-26(15-19-3-10-24-11-4-19)17-22(20)6-13-28-14-7-22/h1-4,8-11,20H,5-7,12-17H2,(H,25,27). The molecule has 0 radical (unpaired) electrons. The number of carbonyl (C=O) groups is 1. The molecule has 6 heteroatoms. The number of nitrogens with one attached hydrogen (secondary N) is 1. The Kier molecular flexibility index (Phi) is 5.98. The van der Waals surface area contributed by atoms with Crippen LogP contribution in [0.5, 0.6) is 0 Å². The van der Waals surface area contributed by atoms with Gasteiger partial charge in [0, 0.05) is 69.6 Å². The van der Waals surface area contributed by atoms with Crippen molar-refractivity contribution in [2.45, 2.75) is 25.8 Å². The molecule has 0 aliphatic carbocycles. The predicted octanol–water partition coefficient (Wildman–Crippen LogP) is 2.06. The molecule has 0 saturated carbocycles. The third kappa shape index (κ3) is 4.39. The fourth-order valence-electron chi connectivity index (χ4n) is 4.59. The van der Waals surface area contributed by atoms with Gasteiger partial charge < -0.3 is 10.1 Å². The van der Waals surface area contributed by atoms with Gasteiger partial charge in [0.2, 0.25) is 5.91 Å². The fourth-order valence-corrected chi connectivity index (χ4v) is 4.59. The van der Waals surface area contributed by atoms with Gasteiger partial charge in [0.25, 0.3) is 0 Å². The van der Waals surface area contributed by atoms with Crippen molar-refractivity contribution in [3.8, 4) is 0 Å². The first kappa shape index (κ1) is 19.0. The molecular weight excluding hydrogens is 352 g/mol. The second kappa shape index (κ2) is 8.80. The molecule has 4 heterocycles. The molecule has 0 aromatic carbocycles. The lowest BCUT2D eigenvalue weighted by Crippen LogP contribution is -2.44. The fraction of sp³-hybridized carbons (Fsp3) is 0.500. The number of rotatable bonds is 6. The van der Waals surface area contributed by atoms with Crippen LogP contribution >= 0.6 is 0 Å². The van der Waals surface area contributed by atoms with Crippen LogP contribution in [0.3, 0.4) is 0 Å². The zero-order valence-corrected chi connectivity index (χ0v) is 16.2. The lowest BCUT2D eigenvalue weighted by atomic mass is 9.71. The molecule has 4 rings (SSSR count). The van der Waals surface area contributed by atoms with Crippen LogP contribution in [-0.4, -0.2) is 53.6 Å². The molecule has 1 amide bonds. The molecular formula is C22H28N4O2. The number of aromatic nitrogens is 2. The normalized spacial score (nSPS) is 21.6. The summed E-state index contributed by atoms with van der Waals surface area (Å²) in [7, 11) is 0. The number of hydrogen-bond acceptors (Lipinski definition) is 5. The van der Waals surface area contributed by atoms with E-state index in [9.17, 15) is 4.79 Å². The van der Waals surface area contributed by atoms with Gasteiger partial charge in [-0.3, -0.25) is 19.7 Å². The van der Waals surface area contributed by atoms with E-state index in [1.165, 1.54) is 11.1 Å². The third-order valence-electron chi connectivity index (χ3n) is 6.14. The molecule has 148 valence electrons. The molecule has 2 fully saturated rings. The van der Waals surface area contributed by atoms with E-state index in [4.69, 9.17) is 4.74 Å². The lowest BCUT2D eigenvalue weighted by molar-refractivity contribution is -0.129. The smallest absolute Gasteiger partial charge is 0.225 e. The Labute approximate surface area is 166 Å². The van der Waals surface area contributed by atoms with Crippen molar-refractivity contribution in [1.29, 1.82) is 0 Å². The number of ether oxygens (including phenoxy) is 1. The van der Waals surface area contributed by atoms with Crippen LogP contribution in [0.4, 0.5) is 0 Å². The highest BCUT2D eigenvalue weighted by atomic mass is 16.5. The van der Waals surface area contributed by atoms with Crippen LogP contribution in [0.1, 0.15) is 24.0 Å². The summed E-state index contributed by atoms with van der Waals surface area (Å²) in [4.78, 5) is 23.7. The quantitative estimate of drug-likeness (QED) is 0.831. The molecule has 1 unspecified atom stereocenters. The molecule has 1 spiro atoms. The highest BCUT2D eigenvalue weighted by molar-refractivity contribution is 5.80. The van der Waals surface area contributed by atoms with Crippen molar-refractivity contribution < 1.29 is 9.53 Å². The zero-order valence-electron chi connectivity index (χ0n) is 16.2. The number of likely N-dealkylation sites (tertiary alicyclic amines) is 1. The second-order valence-electron chi connectivity index (χ2n) is 7.95. The van der Waals surface area contributed by atoms with Gasteiger partial charge >= 0.3 is 0 Å². The molecule has 2 aliphatic heterocycles. The average molecular weight is 380 g/mol. The highest BCUT2D eigenvalue weighted by Crippen LogP contribution is 2.44. The monoisotopic (exact) mass is 380 g/mol. The van der Waals surface area contributed by atoms with E-state index >= 15 is 0 Å². The van der Waals surface area contributed by atoms with E-state index in [1.807, 2.05) is 24.5 Å². The van der Waals surface area contributed by atoms with Gasteiger partial charge in [-0.2, -0.15) is 0 Å². The highest BCUT2D eigenvalue weighted by Gasteiger charge is 2.50. The Morgan fingerprint density at radius 3 is 2.39 bits per heavy atom. The third-order valence-corrected chi connectivity index (χ3v) is 6.14. The van der Waals surface area contributed by atoms with Crippen molar-refractivity contribution >= 4 is 5.91 Å². The maximum atomic E-state index is 13.1. The minimum Gasteiger partial charge on any atom is -0.381 e. The van der Waals surface area contributed by atoms with Crippen molar-refractivity contribution in [3.05, 3.63) is 60.2 Å². The molecule has 2 aromatic heterocycles. The molecule has 2 saturated heterocycles. The van der Waals surface area contributed by atoms with Gasteiger partial charge in [-0.15, -0.1) is 0 Å². The Balaban J connectivity index is 1.40. The molecule has 2 aliphatic rings. The summed E-state index contributed by atoms with van der Waals surface area (Å²) in [6, 6.07) is 8.10. The Morgan fingerprint density at radius 2 is 1.71 bits per heavy atom. The summed E-state index contributed by atoms with van der Waals surface area (Å²) in [6.45, 7) is 4.81. The lowest BCUT2D eigenvalue weighted by Gasteiger charge is -2.37. The summed E-state index contributed by atoms with van der Waals surface area (Å²) < 4.78 is 5.61. The van der Waals surface area contributed by atoms with Gasteiger partial charge in [-0.25, -0.2) is 0 Å². The van der Waals surface area contributed by atoms with Crippen LogP contribution in [0.25, 0.3) is 0 Å². The SMILES string of the molecule is O=C(NCCc1ccncc1)C1CN(Cc2ccncc2)CC12CCOCC2. The average Bonchev–Trinajstić information content (AvgIpc) is 3.07. The van der Waals surface area contributed by atoms with Crippen LogP contribution in [-0.2, 0) is 22.5 Å². The van der Waals surface area contributed by atoms with Crippen molar-refractivity contribution in [1.82, 2.24) is 20.2 Å². The zero-order chi connectivity index (χ0) is 19.2. The molecule has 2 aromatic rings. The Morgan fingerprint density at radius 1 is 1.07 bits per heavy atom. The summed E-state index contributed by atoms with van der Waals surface area (Å²) in [6.07, 6.45) is 10.0. The summed E-state index contributed by atoms with van der Waals surface area (Å²) in [5.74, 6) is 0.212. The number of hydrogen-bond donors (Lipinski definition) is 1. The van der Waals surface area contributed by atoms with E-state index in [-0.39, 0.29) is 17.2 Å². The van der Waals surface area contributed by atoms with Crippen LogP contribution < -0.4 is 5.32 Å². The molecule has 28 heavy (non-hydrogen) atoms. The largest absolute Gasteiger partial charge is 0.381 e. The number of amides is 1. The second-order valence-corrected chi connectivity index (χ2v) is 7.95. The first-order chi connectivity index (χ1) is 13.8. The topological polar surface area (TPSA) is 67.4 Å². The summed E-state index contributed by atoms with van der Waals surface area (Å²) in [5, 5.41) is 3.19. The molecule has 1 atom stereocenters. The van der Waals surface area contributed by atoms with E-state index in [1.54, 1.807) is 12.4 Å². The minimum atomic E-state index is 0.0238. The predicted molar refractivity (Wildman–Crippen MR) is 106 cm³/mol. The van der Waals surface area contributed by atoms with Crippen molar-refractivity contribution in [3.63, 3.8) is 0 Å². The Bertz CT molecular complexity index is 763. The summed E-state index contributed by atoms with van der Waals surface area (Å²) >= 11 is 0. The van der Waals surface area contributed by atoms with E-state index in [2.05, 4.69) is 32.3 Å². The first-order valence-corrected chi connectivity index (χ1v) is 10.1. The number of carbonyl (C=O) groups excluding carboxylic acids is 1. The van der Waals surface area contributed by atoms with Crippen LogP contribution in [0, 0.1) is 11.3 Å². The van der Waals surface area contributed by atoms with E-state index in [0.717, 1.165) is 52.1 Å². The molecule has 6 nitrogen and oxygen atoms in total. The van der Waals surface area contributed by atoms with Crippen molar-refractivity contribution in [2.24, 2.45) is 11.3 Å². The van der Waals surface area contributed by atoms with Gasteiger partial charge in [0.15, 0.2) is 0 Å². The Hall–Kier alpha value is -2.31. The van der Waals surface area contributed by atoms with Gasteiger partial charge in [-0.05, 0) is 54.7 Å². The molecule has 1 N–H and O–H groups in total. The van der Waals surface area contributed by atoms with Gasteiger partial charge in [-0.1, -0.05) is 0 Å². The first-order valence-electron chi connectivity index (χ1n) is 10.1. The maximum Gasteiger partial charge on any atom is 0.225 e. The number of pyridine rings is 2. The van der Waals surface area contributed by atoms with Gasteiger partial charge in [0.05, 0.1) is 5.92 Å². The maximum absolute atomic E-state index is 13.1. The van der Waals surface area contributed by atoms with E-state index < -0.39 is 0 Å². The summed E-state index contributed by atoms with van der Waals surface area (Å²) in [5.41, 5.74) is 2.48. The van der Waals surface area contributed by atoms with Crippen molar-refractivity contribution in [2.75, 3.05) is 32.8 Å². The van der Waals surface area contributed by atoms with Gasteiger partial charge in [0.1, 0.15) is 0 Å². The molecule has 0 bridgehead atoms. The number of nitrogens with zero attached hydrogens (tertiary/aromatic N) is 3. The van der Waals surface area contributed by atoms with Crippen LogP contribution in [0.15, 0.2) is 49.1 Å². The van der Waals surface area contributed by atoms with E-state index in [0.29, 0.717) is 6.54 Å².